The molecule has 0 aliphatic rings. The summed E-state index contributed by atoms with van der Waals surface area (Å²) >= 11 is 1.19. The normalized spacial score (nSPS) is 10.7. The van der Waals surface area contributed by atoms with E-state index in [0.717, 1.165) is 16.8 Å². The summed E-state index contributed by atoms with van der Waals surface area (Å²) in [6.07, 6.45) is 0. The zero-order chi connectivity index (χ0) is 19.6. The first kappa shape index (κ1) is 18.8. The summed E-state index contributed by atoms with van der Waals surface area (Å²) in [5, 5.41) is 3.06. The Hall–Kier alpha value is -3.00. The van der Waals surface area contributed by atoms with E-state index >= 15 is 0 Å². The van der Waals surface area contributed by atoms with Crippen molar-refractivity contribution >= 4 is 39.0 Å². The molecule has 27 heavy (non-hydrogen) atoms. The van der Waals surface area contributed by atoms with E-state index in [0.29, 0.717) is 28.3 Å². The predicted octanol–water partition coefficient (Wildman–Crippen LogP) is 4.62. The summed E-state index contributed by atoms with van der Waals surface area (Å²) in [5.74, 6) is -3.00. The molecular weight excluding hydrogens is 376 g/mol. The summed E-state index contributed by atoms with van der Waals surface area (Å²) in [5.41, 5.74) is -0.353. The van der Waals surface area contributed by atoms with Gasteiger partial charge in [-0.2, -0.15) is 0 Å². The molecule has 2 aromatic carbocycles. The zero-order valence-electron chi connectivity index (χ0n) is 14.5. The zero-order valence-corrected chi connectivity index (χ0v) is 15.3. The van der Waals surface area contributed by atoms with Crippen LogP contribution in [0.4, 0.5) is 14.5 Å². The van der Waals surface area contributed by atoms with Crippen LogP contribution < -0.4 is 10.1 Å². The van der Waals surface area contributed by atoms with Crippen LogP contribution >= 0.6 is 11.3 Å². The molecule has 1 N–H and O–H groups in total. The maximum Gasteiger partial charge on any atom is 0.351 e. The van der Waals surface area contributed by atoms with Crippen molar-refractivity contribution in [2.24, 2.45) is 0 Å². The molecule has 140 valence electrons. The molecule has 0 aliphatic carbocycles. The van der Waals surface area contributed by atoms with E-state index in [-0.39, 0.29) is 0 Å². The fraction of sp³-hybridized carbons (Fsp3) is 0.158. The van der Waals surface area contributed by atoms with Gasteiger partial charge in [0.05, 0.1) is 13.7 Å². The minimum Gasteiger partial charge on any atom is -0.491 e. The van der Waals surface area contributed by atoms with Gasteiger partial charge in [0.1, 0.15) is 17.2 Å². The van der Waals surface area contributed by atoms with Crippen molar-refractivity contribution < 1.29 is 27.8 Å². The Kier molecular flexibility index (Phi) is 5.36. The van der Waals surface area contributed by atoms with E-state index in [1.165, 1.54) is 24.5 Å². The number of hydrogen-bond acceptors (Lipinski definition) is 5. The second-order valence-electron chi connectivity index (χ2n) is 5.45. The monoisotopic (exact) mass is 391 g/mol. The Morgan fingerprint density at radius 1 is 1.15 bits per heavy atom. The van der Waals surface area contributed by atoms with Crippen LogP contribution in [-0.2, 0) is 4.74 Å². The van der Waals surface area contributed by atoms with Gasteiger partial charge in [0.25, 0.3) is 5.91 Å². The highest BCUT2D eigenvalue weighted by atomic mass is 32.1. The molecule has 0 atom stereocenters. The molecule has 8 heteroatoms. The quantitative estimate of drug-likeness (QED) is 0.645. The molecule has 0 spiro atoms. The number of halogens is 2. The first-order chi connectivity index (χ1) is 13.0. The van der Waals surface area contributed by atoms with E-state index in [9.17, 15) is 18.4 Å². The highest BCUT2D eigenvalue weighted by Crippen LogP contribution is 2.39. The molecule has 0 unspecified atom stereocenters. The molecule has 0 saturated heterocycles. The van der Waals surface area contributed by atoms with Crippen LogP contribution in [0.15, 0.2) is 36.4 Å². The standard InChI is InChI=1S/C19H15F2NO4S/c1-3-26-16-11-9-10(7-8-14(11)27-17(16)19(24)25-2)22-18(23)15-12(20)5-4-6-13(15)21/h4-9H,3H2,1-2H3,(H,22,23). The lowest BCUT2D eigenvalue weighted by Gasteiger charge is -2.08. The van der Waals surface area contributed by atoms with Gasteiger partial charge in [0.15, 0.2) is 10.6 Å². The summed E-state index contributed by atoms with van der Waals surface area (Å²) in [6, 6.07) is 8.04. The number of hydrogen-bond donors (Lipinski definition) is 1. The average molecular weight is 391 g/mol. The lowest BCUT2D eigenvalue weighted by Crippen LogP contribution is -2.15. The number of nitrogens with one attached hydrogen (secondary N) is 1. The summed E-state index contributed by atoms with van der Waals surface area (Å²) in [7, 11) is 1.27. The topological polar surface area (TPSA) is 64.6 Å². The Bertz CT molecular complexity index is 1010. The molecule has 1 heterocycles. The van der Waals surface area contributed by atoms with Crippen molar-refractivity contribution in [2.75, 3.05) is 19.0 Å². The molecule has 0 bridgehead atoms. The van der Waals surface area contributed by atoms with E-state index < -0.39 is 29.1 Å². The maximum absolute atomic E-state index is 13.8. The van der Waals surface area contributed by atoms with E-state index in [2.05, 4.69) is 5.32 Å². The van der Waals surface area contributed by atoms with Crippen molar-refractivity contribution in [1.29, 1.82) is 0 Å². The lowest BCUT2D eigenvalue weighted by molar-refractivity contribution is 0.0602. The molecule has 0 fully saturated rings. The van der Waals surface area contributed by atoms with Crippen molar-refractivity contribution in [3.8, 4) is 5.75 Å². The molecule has 1 amide bonds. The van der Waals surface area contributed by atoms with Crippen LogP contribution in [0.2, 0.25) is 0 Å². The van der Waals surface area contributed by atoms with Crippen LogP contribution in [0.5, 0.6) is 5.75 Å². The Labute approximate surface area is 157 Å². The minimum atomic E-state index is -0.952. The number of amides is 1. The van der Waals surface area contributed by atoms with Gasteiger partial charge in [-0.15, -0.1) is 11.3 Å². The Morgan fingerprint density at radius 2 is 1.85 bits per heavy atom. The fourth-order valence-corrected chi connectivity index (χ4v) is 3.62. The highest BCUT2D eigenvalue weighted by Gasteiger charge is 2.22. The van der Waals surface area contributed by atoms with Crippen molar-refractivity contribution in [1.82, 2.24) is 0 Å². The third-order valence-electron chi connectivity index (χ3n) is 3.75. The number of ether oxygens (including phenoxy) is 2. The number of anilines is 1. The number of methoxy groups -OCH3 is 1. The van der Waals surface area contributed by atoms with Gasteiger partial charge in [-0.3, -0.25) is 4.79 Å². The Morgan fingerprint density at radius 3 is 2.48 bits per heavy atom. The van der Waals surface area contributed by atoms with Crippen LogP contribution in [0.3, 0.4) is 0 Å². The number of thiophene rings is 1. The average Bonchev–Trinajstić information content (AvgIpc) is 2.99. The third kappa shape index (κ3) is 3.61. The molecule has 0 radical (unpaired) electrons. The van der Waals surface area contributed by atoms with Gasteiger partial charge in [0.2, 0.25) is 0 Å². The molecule has 3 rings (SSSR count). The van der Waals surface area contributed by atoms with Gasteiger partial charge in [-0.05, 0) is 37.3 Å². The smallest absolute Gasteiger partial charge is 0.351 e. The van der Waals surface area contributed by atoms with Gasteiger partial charge >= 0.3 is 5.97 Å². The maximum atomic E-state index is 13.8. The van der Waals surface area contributed by atoms with Crippen LogP contribution in [0, 0.1) is 11.6 Å². The van der Waals surface area contributed by atoms with Gasteiger partial charge < -0.3 is 14.8 Å². The summed E-state index contributed by atoms with van der Waals surface area (Å²) in [6.45, 7) is 2.10. The molecule has 3 aromatic rings. The first-order valence-electron chi connectivity index (χ1n) is 7.99. The first-order valence-corrected chi connectivity index (χ1v) is 8.81. The van der Waals surface area contributed by atoms with Crippen molar-refractivity contribution in [3.05, 3.63) is 58.5 Å². The minimum absolute atomic E-state index is 0.304. The largest absolute Gasteiger partial charge is 0.491 e. The number of carbonyl (C=O) groups is 2. The van der Waals surface area contributed by atoms with E-state index in [4.69, 9.17) is 9.47 Å². The third-order valence-corrected chi connectivity index (χ3v) is 4.88. The number of carbonyl (C=O) groups excluding carboxylic acids is 2. The van der Waals surface area contributed by atoms with Crippen LogP contribution in [-0.4, -0.2) is 25.6 Å². The van der Waals surface area contributed by atoms with Crippen LogP contribution in [0.1, 0.15) is 27.0 Å². The predicted molar refractivity (Wildman–Crippen MR) is 98.6 cm³/mol. The molecular formula is C19H15F2NO4S. The lowest BCUT2D eigenvalue weighted by atomic mass is 10.1. The molecule has 1 aromatic heterocycles. The summed E-state index contributed by atoms with van der Waals surface area (Å²) < 4.78 is 38.7. The summed E-state index contributed by atoms with van der Waals surface area (Å²) in [4.78, 5) is 24.5. The SMILES string of the molecule is CCOc1c(C(=O)OC)sc2ccc(NC(=O)c3c(F)cccc3F)cc12. The van der Waals surface area contributed by atoms with E-state index in [1.807, 2.05) is 0 Å². The van der Waals surface area contributed by atoms with Gasteiger partial charge in [-0.1, -0.05) is 6.07 Å². The van der Waals surface area contributed by atoms with Gasteiger partial charge in [0, 0.05) is 15.8 Å². The number of benzene rings is 2. The number of rotatable bonds is 5. The van der Waals surface area contributed by atoms with Gasteiger partial charge in [-0.25, -0.2) is 13.6 Å². The highest BCUT2D eigenvalue weighted by molar-refractivity contribution is 7.21. The molecule has 0 aliphatic heterocycles. The van der Waals surface area contributed by atoms with E-state index in [1.54, 1.807) is 25.1 Å². The second kappa shape index (κ2) is 7.71. The van der Waals surface area contributed by atoms with Crippen LogP contribution in [0.25, 0.3) is 10.1 Å². The molecule has 5 nitrogen and oxygen atoms in total. The Balaban J connectivity index is 2.00. The molecule has 0 saturated carbocycles. The fourth-order valence-electron chi connectivity index (χ4n) is 2.58. The van der Waals surface area contributed by atoms with Crippen molar-refractivity contribution in [3.63, 3.8) is 0 Å². The number of fused-ring (bicyclic) bond motifs is 1. The van der Waals surface area contributed by atoms with Crippen molar-refractivity contribution in [2.45, 2.75) is 6.92 Å². The second-order valence-corrected chi connectivity index (χ2v) is 6.50. The number of esters is 1.